The van der Waals surface area contributed by atoms with E-state index in [0.717, 1.165) is 42.0 Å². The van der Waals surface area contributed by atoms with Gasteiger partial charge in [-0.25, -0.2) is 0 Å². The maximum absolute atomic E-state index is 12.8. The zero-order chi connectivity index (χ0) is 18.5. The van der Waals surface area contributed by atoms with Crippen molar-refractivity contribution in [2.75, 3.05) is 27.4 Å². The Labute approximate surface area is 154 Å². The molecule has 1 unspecified atom stereocenters. The Balaban J connectivity index is 1.73. The number of amides is 1. The number of rotatable bonds is 6. The van der Waals surface area contributed by atoms with Crippen LogP contribution in [0.1, 0.15) is 30.0 Å². The topological polar surface area (TPSA) is 48.0 Å². The minimum Gasteiger partial charge on any atom is -0.497 e. The molecular weight excluding hydrogens is 330 g/mol. The highest BCUT2D eigenvalue weighted by molar-refractivity contribution is 5.78. The minimum atomic E-state index is -0.0193. The molecule has 1 aliphatic rings. The van der Waals surface area contributed by atoms with E-state index in [0.29, 0.717) is 5.75 Å². The van der Waals surface area contributed by atoms with Gasteiger partial charge < -0.3 is 19.1 Å². The van der Waals surface area contributed by atoms with Crippen LogP contribution in [0.2, 0.25) is 0 Å². The van der Waals surface area contributed by atoms with Gasteiger partial charge in [-0.05, 0) is 50.1 Å². The van der Waals surface area contributed by atoms with Crippen molar-refractivity contribution in [2.45, 2.75) is 25.8 Å². The van der Waals surface area contributed by atoms with Crippen LogP contribution in [0, 0.1) is 6.92 Å². The third kappa shape index (κ3) is 3.93. The first-order valence-corrected chi connectivity index (χ1v) is 8.83. The second-order valence-electron chi connectivity index (χ2n) is 6.45. The van der Waals surface area contributed by atoms with Gasteiger partial charge >= 0.3 is 0 Å². The van der Waals surface area contributed by atoms with E-state index in [4.69, 9.17) is 14.2 Å². The molecule has 0 bridgehead atoms. The molecule has 0 N–H and O–H groups in total. The zero-order valence-corrected chi connectivity index (χ0v) is 15.5. The van der Waals surface area contributed by atoms with Crippen LogP contribution in [0.5, 0.6) is 17.2 Å². The number of carbonyl (C=O) groups is 1. The number of carbonyl (C=O) groups excluding carboxylic acids is 1. The lowest BCUT2D eigenvalue weighted by Gasteiger charge is -2.26. The first-order valence-electron chi connectivity index (χ1n) is 8.83. The predicted octanol–water partition coefficient (Wildman–Crippen LogP) is 3.75. The molecule has 1 aliphatic heterocycles. The highest BCUT2D eigenvalue weighted by Gasteiger charge is 2.32. The number of aryl methyl sites for hydroxylation is 1. The van der Waals surface area contributed by atoms with E-state index in [1.807, 2.05) is 54.3 Å². The third-order valence-corrected chi connectivity index (χ3v) is 4.75. The van der Waals surface area contributed by atoms with Gasteiger partial charge in [0.25, 0.3) is 5.91 Å². The quantitative estimate of drug-likeness (QED) is 0.792. The fraction of sp³-hybridized carbons (Fsp3) is 0.381. The van der Waals surface area contributed by atoms with Crippen molar-refractivity contribution in [2.24, 2.45) is 0 Å². The van der Waals surface area contributed by atoms with Gasteiger partial charge in [0.05, 0.1) is 20.3 Å². The van der Waals surface area contributed by atoms with E-state index < -0.39 is 0 Å². The van der Waals surface area contributed by atoms with Gasteiger partial charge in [-0.3, -0.25) is 4.79 Å². The van der Waals surface area contributed by atoms with Crippen molar-refractivity contribution in [3.8, 4) is 17.2 Å². The van der Waals surface area contributed by atoms with E-state index in [1.54, 1.807) is 14.2 Å². The molecule has 0 spiro atoms. The monoisotopic (exact) mass is 355 g/mol. The normalized spacial score (nSPS) is 16.4. The van der Waals surface area contributed by atoms with Crippen molar-refractivity contribution >= 4 is 5.91 Å². The average Bonchev–Trinajstić information content (AvgIpc) is 3.16. The van der Waals surface area contributed by atoms with Crippen LogP contribution < -0.4 is 14.2 Å². The van der Waals surface area contributed by atoms with Crippen LogP contribution in [0.15, 0.2) is 42.5 Å². The Kier molecular flexibility index (Phi) is 5.66. The fourth-order valence-corrected chi connectivity index (χ4v) is 3.35. The summed E-state index contributed by atoms with van der Waals surface area (Å²) < 4.78 is 16.5. The van der Waals surface area contributed by atoms with Crippen molar-refractivity contribution in [1.29, 1.82) is 0 Å². The Morgan fingerprint density at radius 2 is 1.81 bits per heavy atom. The SMILES string of the molecule is COc1ccc(OC)c(C2CCCN2C(=O)COc2ccc(C)cc2)c1. The summed E-state index contributed by atoms with van der Waals surface area (Å²) in [5.41, 5.74) is 2.14. The summed E-state index contributed by atoms with van der Waals surface area (Å²) in [6, 6.07) is 13.4. The molecule has 5 nitrogen and oxygen atoms in total. The van der Waals surface area contributed by atoms with Crippen LogP contribution >= 0.6 is 0 Å². The number of likely N-dealkylation sites (tertiary alicyclic amines) is 1. The number of nitrogens with zero attached hydrogens (tertiary/aromatic N) is 1. The Bertz CT molecular complexity index is 757. The molecule has 0 aliphatic carbocycles. The van der Waals surface area contributed by atoms with Gasteiger partial charge in [0.2, 0.25) is 0 Å². The van der Waals surface area contributed by atoms with Gasteiger partial charge in [-0.1, -0.05) is 17.7 Å². The molecule has 26 heavy (non-hydrogen) atoms. The van der Waals surface area contributed by atoms with E-state index in [2.05, 4.69) is 0 Å². The van der Waals surface area contributed by atoms with Crippen molar-refractivity contribution in [3.63, 3.8) is 0 Å². The Morgan fingerprint density at radius 3 is 2.50 bits per heavy atom. The lowest BCUT2D eigenvalue weighted by Crippen LogP contribution is -2.34. The summed E-state index contributed by atoms with van der Waals surface area (Å²) >= 11 is 0. The summed E-state index contributed by atoms with van der Waals surface area (Å²) in [6.45, 7) is 2.78. The smallest absolute Gasteiger partial charge is 0.261 e. The summed E-state index contributed by atoms with van der Waals surface area (Å²) in [7, 11) is 3.28. The van der Waals surface area contributed by atoms with Crippen LogP contribution in [0.25, 0.3) is 0 Å². The minimum absolute atomic E-state index is 0.0158. The number of hydrogen-bond donors (Lipinski definition) is 0. The van der Waals surface area contributed by atoms with Crippen LogP contribution in [-0.2, 0) is 4.79 Å². The molecule has 3 rings (SSSR count). The highest BCUT2D eigenvalue weighted by Crippen LogP contribution is 2.38. The summed E-state index contributed by atoms with van der Waals surface area (Å²) in [5.74, 6) is 2.22. The number of methoxy groups -OCH3 is 2. The molecule has 1 heterocycles. The first kappa shape index (κ1) is 18.1. The van der Waals surface area contributed by atoms with Gasteiger partial charge in [0.15, 0.2) is 6.61 Å². The average molecular weight is 355 g/mol. The van der Waals surface area contributed by atoms with Gasteiger partial charge in [-0.15, -0.1) is 0 Å². The summed E-state index contributed by atoms with van der Waals surface area (Å²) in [5, 5.41) is 0. The predicted molar refractivity (Wildman–Crippen MR) is 99.9 cm³/mol. The highest BCUT2D eigenvalue weighted by atomic mass is 16.5. The molecule has 0 radical (unpaired) electrons. The maximum Gasteiger partial charge on any atom is 0.261 e. The Hall–Kier alpha value is -2.69. The van der Waals surface area contributed by atoms with Gasteiger partial charge in [0.1, 0.15) is 17.2 Å². The van der Waals surface area contributed by atoms with Crippen molar-refractivity contribution in [3.05, 3.63) is 53.6 Å². The molecule has 1 fully saturated rings. The van der Waals surface area contributed by atoms with E-state index in [9.17, 15) is 4.79 Å². The molecule has 1 amide bonds. The summed E-state index contributed by atoms with van der Waals surface area (Å²) in [6.07, 6.45) is 1.86. The summed E-state index contributed by atoms with van der Waals surface area (Å²) in [4.78, 5) is 14.6. The molecule has 2 aromatic rings. The van der Waals surface area contributed by atoms with Gasteiger partial charge in [-0.2, -0.15) is 0 Å². The molecule has 1 atom stereocenters. The lowest BCUT2D eigenvalue weighted by molar-refractivity contribution is -0.134. The molecule has 0 aromatic heterocycles. The second-order valence-corrected chi connectivity index (χ2v) is 6.45. The Morgan fingerprint density at radius 1 is 1.08 bits per heavy atom. The molecule has 5 heteroatoms. The van der Waals surface area contributed by atoms with Crippen LogP contribution in [-0.4, -0.2) is 38.2 Å². The van der Waals surface area contributed by atoms with Crippen molar-refractivity contribution < 1.29 is 19.0 Å². The molecule has 2 aromatic carbocycles. The lowest BCUT2D eigenvalue weighted by atomic mass is 10.0. The molecule has 0 saturated carbocycles. The largest absolute Gasteiger partial charge is 0.497 e. The standard InChI is InChI=1S/C21H25NO4/c1-15-6-8-16(9-7-15)26-14-21(23)22-12-4-5-19(22)18-13-17(24-2)10-11-20(18)25-3/h6-11,13,19H,4-5,12,14H2,1-3H3. The first-order chi connectivity index (χ1) is 12.6. The van der Waals surface area contributed by atoms with Gasteiger partial charge in [0, 0.05) is 12.1 Å². The maximum atomic E-state index is 12.8. The number of benzene rings is 2. The van der Waals surface area contributed by atoms with Crippen LogP contribution in [0.4, 0.5) is 0 Å². The molecule has 138 valence electrons. The van der Waals surface area contributed by atoms with E-state index in [1.165, 1.54) is 0 Å². The second kappa shape index (κ2) is 8.13. The molecular formula is C21H25NO4. The van der Waals surface area contributed by atoms with E-state index in [-0.39, 0.29) is 18.6 Å². The third-order valence-electron chi connectivity index (χ3n) is 4.75. The number of hydrogen-bond acceptors (Lipinski definition) is 4. The van der Waals surface area contributed by atoms with E-state index >= 15 is 0 Å². The zero-order valence-electron chi connectivity index (χ0n) is 15.5. The number of ether oxygens (including phenoxy) is 3. The molecule has 1 saturated heterocycles. The van der Waals surface area contributed by atoms with Crippen molar-refractivity contribution in [1.82, 2.24) is 4.90 Å². The fourth-order valence-electron chi connectivity index (χ4n) is 3.35. The van der Waals surface area contributed by atoms with Crippen LogP contribution in [0.3, 0.4) is 0 Å².